The molecule has 0 heterocycles. The van der Waals surface area contributed by atoms with Crippen molar-refractivity contribution < 1.29 is 13.5 Å². The number of anilines is 1. The summed E-state index contributed by atoms with van der Waals surface area (Å²) in [6.45, 7) is 2.28. The highest BCUT2D eigenvalue weighted by Crippen LogP contribution is 2.28. The molecule has 1 aromatic rings. The minimum absolute atomic E-state index is 0.0342. The number of sulfonamides is 1. The van der Waals surface area contributed by atoms with E-state index >= 15 is 0 Å². The minimum atomic E-state index is -3.64. The molecule has 0 aliphatic carbocycles. The first-order valence-corrected chi connectivity index (χ1v) is 8.25. The second kappa shape index (κ2) is 7.26. The highest BCUT2D eigenvalue weighted by atomic mass is 35.5. The molecule has 1 aromatic carbocycles. The fourth-order valence-corrected chi connectivity index (χ4v) is 3.57. The molecule has 7 heteroatoms. The predicted molar refractivity (Wildman–Crippen MR) is 81.4 cm³/mol. The second-order valence-electron chi connectivity index (χ2n) is 4.75. The number of nitrogens with zero attached hydrogens (tertiary/aromatic N) is 1. The summed E-state index contributed by atoms with van der Waals surface area (Å²) in [6, 6.07) is 2.96. The third-order valence-electron chi connectivity index (χ3n) is 3.14. The van der Waals surface area contributed by atoms with Crippen molar-refractivity contribution in [3.8, 4) is 0 Å². The number of aryl methyl sites for hydroxylation is 1. The molecular formula is C13H21ClN2O3S. The molecule has 0 saturated carbocycles. The van der Waals surface area contributed by atoms with Gasteiger partial charge < -0.3 is 10.8 Å². The molecular weight excluding hydrogens is 300 g/mol. The maximum atomic E-state index is 12.4. The van der Waals surface area contributed by atoms with Crippen LogP contribution in [-0.2, 0) is 10.0 Å². The Labute approximate surface area is 125 Å². The lowest BCUT2D eigenvalue weighted by atomic mass is 10.2. The van der Waals surface area contributed by atoms with Crippen LogP contribution in [0.2, 0.25) is 5.02 Å². The molecule has 0 aliphatic heterocycles. The lowest BCUT2D eigenvalue weighted by Gasteiger charge is -2.18. The van der Waals surface area contributed by atoms with Gasteiger partial charge in [-0.1, -0.05) is 11.6 Å². The molecule has 1 rings (SSSR count). The second-order valence-corrected chi connectivity index (χ2v) is 7.17. The van der Waals surface area contributed by atoms with E-state index in [1.165, 1.54) is 17.4 Å². The van der Waals surface area contributed by atoms with Crippen molar-refractivity contribution in [3.05, 3.63) is 22.7 Å². The van der Waals surface area contributed by atoms with E-state index in [1.54, 1.807) is 13.0 Å². The van der Waals surface area contributed by atoms with E-state index in [4.69, 9.17) is 22.4 Å². The van der Waals surface area contributed by atoms with Crippen LogP contribution in [0, 0.1) is 6.92 Å². The Morgan fingerprint density at radius 1 is 1.30 bits per heavy atom. The fraction of sp³-hybridized carbons (Fsp3) is 0.538. The van der Waals surface area contributed by atoms with Crippen LogP contribution in [0.1, 0.15) is 24.8 Å². The maximum Gasteiger partial charge on any atom is 0.244 e. The van der Waals surface area contributed by atoms with Crippen LogP contribution >= 0.6 is 11.6 Å². The van der Waals surface area contributed by atoms with Gasteiger partial charge in [0.1, 0.15) is 4.90 Å². The van der Waals surface area contributed by atoms with Crippen molar-refractivity contribution in [2.45, 2.75) is 31.1 Å². The van der Waals surface area contributed by atoms with Crippen LogP contribution < -0.4 is 5.73 Å². The van der Waals surface area contributed by atoms with E-state index in [9.17, 15) is 8.42 Å². The quantitative estimate of drug-likeness (QED) is 0.594. The average molecular weight is 321 g/mol. The van der Waals surface area contributed by atoms with Gasteiger partial charge in [0.25, 0.3) is 0 Å². The Kier molecular flexibility index (Phi) is 6.26. The summed E-state index contributed by atoms with van der Waals surface area (Å²) in [7, 11) is -2.12. The van der Waals surface area contributed by atoms with Gasteiger partial charge in [-0.2, -0.15) is 0 Å². The molecule has 0 aliphatic rings. The van der Waals surface area contributed by atoms with Crippen LogP contribution in [0.15, 0.2) is 17.0 Å². The van der Waals surface area contributed by atoms with Gasteiger partial charge >= 0.3 is 0 Å². The number of halogens is 1. The van der Waals surface area contributed by atoms with Crippen LogP contribution in [0.5, 0.6) is 0 Å². The van der Waals surface area contributed by atoms with Crippen LogP contribution in [-0.4, -0.2) is 38.0 Å². The summed E-state index contributed by atoms with van der Waals surface area (Å²) in [4.78, 5) is 0.0342. The molecule has 0 fully saturated rings. The maximum absolute atomic E-state index is 12.4. The van der Waals surface area contributed by atoms with Gasteiger partial charge in [0, 0.05) is 25.9 Å². The van der Waals surface area contributed by atoms with E-state index in [0.29, 0.717) is 25.1 Å². The molecule has 0 radical (unpaired) electrons. The topological polar surface area (TPSA) is 83.6 Å². The van der Waals surface area contributed by atoms with Gasteiger partial charge in [-0.3, -0.25) is 0 Å². The third-order valence-corrected chi connectivity index (χ3v) is 5.46. The highest BCUT2D eigenvalue weighted by Gasteiger charge is 2.24. The number of nitrogens with two attached hydrogens (primary N) is 1. The molecule has 20 heavy (non-hydrogen) atoms. The zero-order valence-electron chi connectivity index (χ0n) is 11.8. The van der Waals surface area contributed by atoms with Crippen molar-refractivity contribution in [2.24, 2.45) is 0 Å². The van der Waals surface area contributed by atoms with Crippen LogP contribution in [0.3, 0.4) is 0 Å². The van der Waals surface area contributed by atoms with Crippen molar-refractivity contribution >= 4 is 27.3 Å². The van der Waals surface area contributed by atoms with Crippen molar-refractivity contribution in [2.75, 3.05) is 25.9 Å². The molecule has 0 bridgehead atoms. The summed E-state index contributed by atoms with van der Waals surface area (Å²) in [5, 5.41) is 8.88. The van der Waals surface area contributed by atoms with Crippen molar-refractivity contribution in [1.82, 2.24) is 4.31 Å². The van der Waals surface area contributed by atoms with Crippen molar-refractivity contribution in [1.29, 1.82) is 0 Å². The van der Waals surface area contributed by atoms with Gasteiger partial charge in [0.05, 0.1) is 5.02 Å². The number of hydrogen-bond acceptors (Lipinski definition) is 4. The molecule has 3 N–H and O–H groups in total. The van der Waals surface area contributed by atoms with Gasteiger partial charge in [0.15, 0.2) is 0 Å². The molecule has 0 amide bonds. The van der Waals surface area contributed by atoms with Crippen molar-refractivity contribution in [3.63, 3.8) is 0 Å². The zero-order chi connectivity index (χ0) is 15.3. The number of unbranched alkanes of at least 4 members (excludes halogenated alkanes) is 2. The standard InChI is InChI=1S/C13H21ClN2O3S/c1-10-8-11(14)13(9-12(10)15)20(18,19)16(2)6-4-3-5-7-17/h8-9,17H,3-7,15H2,1-2H3. The van der Waals surface area contributed by atoms with E-state index in [1.807, 2.05) is 0 Å². The minimum Gasteiger partial charge on any atom is -0.398 e. The zero-order valence-corrected chi connectivity index (χ0v) is 13.3. The largest absolute Gasteiger partial charge is 0.398 e. The van der Waals surface area contributed by atoms with E-state index in [0.717, 1.165) is 12.0 Å². The summed E-state index contributed by atoms with van der Waals surface area (Å²) in [6.07, 6.45) is 2.14. The number of hydrogen-bond donors (Lipinski definition) is 2. The SMILES string of the molecule is Cc1cc(Cl)c(S(=O)(=O)N(C)CCCCCO)cc1N. The number of aliphatic hydroxyl groups is 1. The molecule has 0 spiro atoms. The summed E-state index contributed by atoms with van der Waals surface area (Å²) in [5.74, 6) is 0. The van der Waals surface area contributed by atoms with Gasteiger partial charge in [0.2, 0.25) is 10.0 Å². The van der Waals surface area contributed by atoms with Gasteiger partial charge in [-0.25, -0.2) is 12.7 Å². The summed E-state index contributed by atoms with van der Waals surface area (Å²) in [5.41, 5.74) is 6.91. The van der Waals surface area contributed by atoms with E-state index in [2.05, 4.69) is 0 Å². The normalized spacial score (nSPS) is 12.1. The third kappa shape index (κ3) is 4.09. The first kappa shape index (κ1) is 17.2. The summed E-state index contributed by atoms with van der Waals surface area (Å²) < 4.78 is 26.1. The van der Waals surface area contributed by atoms with Crippen LogP contribution in [0.4, 0.5) is 5.69 Å². The van der Waals surface area contributed by atoms with Gasteiger partial charge in [-0.15, -0.1) is 0 Å². The number of rotatable bonds is 7. The van der Waals surface area contributed by atoms with E-state index < -0.39 is 10.0 Å². The lowest BCUT2D eigenvalue weighted by molar-refractivity contribution is 0.281. The Bertz CT molecular complexity index is 561. The number of benzene rings is 1. The molecule has 0 unspecified atom stereocenters. The first-order valence-electron chi connectivity index (χ1n) is 6.43. The Hall–Kier alpha value is -0.820. The van der Waals surface area contributed by atoms with Crippen LogP contribution in [0.25, 0.3) is 0 Å². The molecule has 0 aromatic heterocycles. The summed E-state index contributed by atoms with van der Waals surface area (Å²) >= 11 is 6.02. The number of nitrogen functional groups attached to an aromatic ring is 1. The Morgan fingerprint density at radius 3 is 2.55 bits per heavy atom. The Balaban J connectivity index is 2.90. The molecule has 0 saturated heterocycles. The Morgan fingerprint density at radius 2 is 1.95 bits per heavy atom. The first-order chi connectivity index (χ1) is 9.30. The van der Waals surface area contributed by atoms with E-state index in [-0.39, 0.29) is 16.5 Å². The molecule has 114 valence electrons. The smallest absolute Gasteiger partial charge is 0.244 e. The highest BCUT2D eigenvalue weighted by molar-refractivity contribution is 7.89. The van der Waals surface area contributed by atoms with Gasteiger partial charge in [-0.05, 0) is 43.9 Å². The fourth-order valence-electron chi connectivity index (χ4n) is 1.78. The number of aliphatic hydroxyl groups excluding tert-OH is 1. The monoisotopic (exact) mass is 320 g/mol. The average Bonchev–Trinajstić information content (AvgIpc) is 2.38. The lowest BCUT2D eigenvalue weighted by Crippen LogP contribution is -2.28. The molecule has 0 atom stereocenters. The molecule has 5 nitrogen and oxygen atoms in total. The predicted octanol–water partition coefficient (Wildman–Crippen LogP) is 2.01.